The Balaban J connectivity index is 0.000000511. The van der Waals surface area contributed by atoms with E-state index in [0.717, 1.165) is 51.6 Å². The third kappa shape index (κ3) is 9.86. The predicted molar refractivity (Wildman–Crippen MR) is 232 cm³/mol. The first-order chi connectivity index (χ1) is 26.4. The number of para-hydroxylation sites is 1. The predicted octanol–water partition coefficient (Wildman–Crippen LogP) is 9.01. The molecule has 0 fully saturated rings. The van der Waals surface area contributed by atoms with Gasteiger partial charge in [0.05, 0.1) is 17.2 Å². The van der Waals surface area contributed by atoms with Crippen LogP contribution in [0.15, 0.2) is 146 Å². The van der Waals surface area contributed by atoms with Gasteiger partial charge in [0, 0.05) is 66.0 Å². The van der Waals surface area contributed by atoms with Crippen LogP contribution < -0.4 is 26.5 Å². The van der Waals surface area contributed by atoms with Crippen molar-refractivity contribution in [2.24, 2.45) is 11.5 Å². The summed E-state index contributed by atoms with van der Waals surface area (Å²) in [6, 6.07) is 46.1. The topological polar surface area (TPSA) is 69.0 Å². The van der Waals surface area contributed by atoms with Crippen LogP contribution >= 0.6 is 11.3 Å². The molecule has 0 spiro atoms. The van der Waals surface area contributed by atoms with E-state index in [1.54, 1.807) is 17.4 Å². The van der Waals surface area contributed by atoms with Crippen molar-refractivity contribution in [3.8, 4) is 29.2 Å². The molecule has 0 saturated carbocycles. The fourth-order valence-electron chi connectivity index (χ4n) is 6.57. The minimum atomic E-state index is -0.341. The van der Waals surface area contributed by atoms with E-state index in [4.69, 9.17) is 17.9 Å². The fourth-order valence-corrected chi connectivity index (χ4v) is 7.84. The van der Waals surface area contributed by atoms with Crippen molar-refractivity contribution in [3.05, 3.63) is 190 Å². The second-order valence-corrected chi connectivity index (χ2v) is 13.8. The molecule has 55 heavy (non-hydrogen) atoms. The molecule has 7 rings (SSSR count). The van der Waals surface area contributed by atoms with E-state index >= 15 is 0 Å². The molecule has 7 aromatic rings. The molecule has 1 radical (unpaired) electrons. The van der Waals surface area contributed by atoms with E-state index in [1.807, 2.05) is 66.7 Å². The standard InChI is InChI=1S/C42H34N2S.C7H10N2.Y/c1-5-8-10-23-41-30(4)36(7-3)42(45-41)34(16-6-2)29-43-28-31-24-25-40-38(26-31)37-21-13-14-22-39(37)44(40)35-20-15-19-33(27-35)32-17-11-9-12-18-32;8-7(9)6-4-2-1-3-5-6;/h1,6,8-17,20-27,43H,2,4,7,28-29H2,3H3;1-5,7H,8-9H2;/q-2;;/b10-8-,34-16-,41-23+;;. The van der Waals surface area contributed by atoms with Crippen molar-refractivity contribution < 1.29 is 32.7 Å². The average molecular weight is 810 g/mol. The summed E-state index contributed by atoms with van der Waals surface area (Å²) in [4.78, 5) is 1.25. The minimum Gasteiger partial charge on any atom is -0.328 e. The molecule has 5 aromatic carbocycles. The molecular weight excluding hydrogens is 766 g/mol. The number of terminal acetylenes is 1. The van der Waals surface area contributed by atoms with Gasteiger partial charge in [0.25, 0.3) is 0 Å². The minimum absolute atomic E-state index is 0. The third-order valence-electron chi connectivity index (χ3n) is 9.16. The first-order valence-electron chi connectivity index (χ1n) is 18.0. The third-order valence-corrected chi connectivity index (χ3v) is 10.5. The van der Waals surface area contributed by atoms with Gasteiger partial charge in [0.15, 0.2) is 0 Å². The van der Waals surface area contributed by atoms with E-state index < -0.39 is 0 Å². The van der Waals surface area contributed by atoms with Crippen molar-refractivity contribution in [1.82, 2.24) is 9.88 Å². The van der Waals surface area contributed by atoms with Crippen LogP contribution in [0, 0.1) is 24.5 Å². The quantitative estimate of drug-likeness (QED) is 0.0529. The number of nitrogens with one attached hydrogen (secondary N) is 1. The molecule has 0 bridgehead atoms. The summed E-state index contributed by atoms with van der Waals surface area (Å²) in [5.74, 6) is 2.55. The summed E-state index contributed by atoms with van der Waals surface area (Å²) in [6.45, 7) is 12.0. The smallest absolute Gasteiger partial charge is 0.0784 e. The zero-order valence-electron chi connectivity index (χ0n) is 31.1. The number of allylic oxidation sites excluding steroid dienone is 4. The Hall–Kier alpha value is -4.90. The Kier molecular flexibility index (Phi) is 15.1. The van der Waals surface area contributed by atoms with E-state index in [9.17, 15) is 0 Å². The number of nitrogens with zero attached hydrogens (tertiary/aromatic N) is 1. The Morgan fingerprint density at radius 2 is 1.65 bits per heavy atom. The summed E-state index contributed by atoms with van der Waals surface area (Å²) in [6.07, 6.45) is 15.6. The molecule has 0 atom stereocenters. The van der Waals surface area contributed by atoms with Gasteiger partial charge in [-0.05, 0) is 69.9 Å². The Bertz CT molecular complexity index is 2590. The van der Waals surface area contributed by atoms with Gasteiger partial charge in [0.1, 0.15) is 0 Å². The Morgan fingerprint density at radius 3 is 2.36 bits per heavy atom. The van der Waals surface area contributed by atoms with Crippen LogP contribution in [0.4, 0.5) is 0 Å². The summed E-state index contributed by atoms with van der Waals surface area (Å²) >= 11 is 1.76. The van der Waals surface area contributed by atoms with E-state index in [-0.39, 0.29) is 38.9 Å². The van der Waals surface area contributed by atoms with E-state index in [0.29, 0.717) is 0 Å². The normalized spacial score (nSPS) is 11.8. The Morgan fingerprint density at radius 1 is 0.909 bits per heavy atom. The van der Waals surface area contributed by atoms with Gasteiger partial charge < -0.3 is 21.4 Å². The molecule has 0 unspecified atom stereocenters. The van der Waals surface area contributed by atoms with E-state index in [2.05, 4.69) is 121 Å². The second kappa shape index (κ2) is 20.1. The van der Waals surface area contributed by atoms with Gasteiger partial charge in [-0.15, -0.1) is 29.9 Å². The second-order valence-electron chi connectivity index (χ2n) is 12.7. The SMILES string of the molecule is C#C/C=C\C=c1\sc(/C(=C\C=C)CNCc2ccc3c(c2)c2ccccc2n3-c2cc[c-]c(-c3[c-]cccc3)c2)c(CC)c1=C.NC(N)c1ccccc1.[Y]. The molecule has 0 aliphatic carbocycles. The van der Waals surface area contributed by atoms with Gasteiger partial charge >= 0.3 is 0 Å². The van der Waals surface area contributed by atoms with Crippen LogP contribution in [0.3, 0.4) is 0 Å². The molecule has 271 valence electrons. The molecular formula is C49H44N4SY-2. The van der Waals surface area contributed by atoms with Gasteiger partial charge in [-0.3, -0.25) is 0 Å². The van der Waals surface area contributed by atoms with Crippen LogP contribution in [0.5, 0.6) is 0 Å². The van der Waals surface area contributed by atoms with Crippen molar-refractivity contribution in [1.29, 1.82) is 0 Å². The largest absolute Gasteiger partial charge is 0.328 e. The molecule has 0 aliphatic rings. The van der Waals surface area contributed by atoms with Crippen LogP contribution in [-0.4, -0.2) is 11.1 Å². The van der Waals surface area contributed by atoms with Crippen molar-refractivity contribution in [2.75, 3.05) is 6.54 Å². The maximum Gasteiger partial charge on any atom is 0.0784 e. The van der Waals surface area contributed by atoms with Gasteiger partial charge in [-0.1, -0.05) is 98.8 Å². The fraction of sp³-hybridized carbons (Fsp3) is 0.102. The molecule has 0 saturated heterocycles. The van der Waals surface area contributed by atoms with E-state index in [1.165, 1.54) is 43.4 Å². The van der Waals surface area contributed by atoms with Gasteiger partial charge in [-0.25, -0.2) is 11.1 Å². The summed E-state index contributed by atoms with van der Waals surface area (Å²) in [7, 11) is 0. The summed E-state index contributed by atoms with van der Waals surface area (Å²) in [5.41, 5.74) is 21.0. The first-order valence-corrected chi connectivity index (χ1v) is 18.8. The maximum absolute atomic E-state index is 5.39. The molecule has 6 heteroatoms. The Labute approximate surface area is 354 Å². The average Bonchev–Trinajstić information content (AvgIpc) is 3.71. The van der Waals surface area contributed by atoms with Gasteiger partial charge in [0.2, 0.25) is 0 Å². The van der Waals surface area contributed by atoms with Crippen LogP contribution in [0.1, 0.15) is 34.7 Å². The number of aromatic nitrogens is 1. The van der Waals surface area contributed by atoms with Crippen molar-refractivity contribution in [2.45, 2.75) is 26.1 Å². The molecule has 5 N–H and O–H groups in total. The summed E-state index contributed by atoms with van der Waals surface area (Å²) < 4.78 is 3.48. The molecule has 2 aromatic heterocycles. The molecule has 0 aliphatic heterocycles. The van der Waals surface area contributed by atoms with Gasteiger partial charge in [-0.2, -0.15) is 42.5 Å². The molecule has 0 amide bonds. The van der Waals surface area contributed by atoms with Crippen molar-refractivity contribution >= 4 is 51.4 Å². The van der Waals surface area contributed by atoms with Crippen LogP contribution in [0.2, 0.25) is 0 Å². The number of thiophene rings is 1. The van der Waals surface area contributed by atoms with Crippen LogP contribution in [0.25, 0.3) is 56.8 Å². The first kappa shape index (κ1) is 41.3. The number of hydrogen-bond donors (Lipinski definition) is 3. The maximum atomic E-state index is 5.39. The number of hydrogen-bond acceptors (Lipinski definition) is 4. The molecule has 2 heterocycles. The zero-order chi connectivity index (χ0) is 37.9. The number of benzene rings is 5. The zero-order valence-corrected chi connectivity index (χ0v) is 34.8. The van der Waals surface area contributed by atoms with Crippen LogP contribution in [-0.2, 0) is 45.7 Å². The van der Waals surface area contributed by atoms with Crippen molar-refractivity contribution in [3.63, 3.8) is 0 Å². The summed E-state index contributed by atoms with van der Waals surface area (Å²) in [5, 5.41) is 7.24. The number of rotatable bonds is 11. The number of fused-ring (bicyclic) bond motifs is 3. The number of nitrogens with two attached hydrogens (primary N) is 2. The monoisotopic (exact) mass is 809 g/mol. The molecule has 4 nitrogen and oxygen atoms in total.